The van der Waals surface area contributed by atoms with E-state index < -0.39 is 5.41 Å². The first-order valence-electron chi connectivity index (χ1n) is 6.72. The third-order valence-electron chi connectivity index (χ3n) is 3.82. The third-order valence-corrected chi connectivity index (χ3v) is 3.82. The minimum atomic E-state index is -0.442. The number of nitrogens with two attached hydrogens (primary N) is 1. The van der Waals surface area contributed by atoms with Crippen molar-refractivity contribution in [3.05, 3.63) is 29.8 Å². The van der Waals surface area contributed by atoms with Crippen molar-refractivity contribution < 1.29 is 4.79 Å². The monoisotopic (exact) mass is 284 g/mol. The number of hydrogen-bond donors (Lipinski definition) is 2. The van der Waals surface area contributed by atoms with Gasteiger partial charge >= 0.3 is 0 Å². The van der Waals surface area contributed by atoms with E-state index in [0.29, 0.717) is 6.54 Å². The summed E-state index contributed by atoms with van der Waals surface area (Å²) in [4.78, 5) is 12.3. The Kier molecular flexibility index (Phi) is 7.72. The van der Waals surface area contributed by atoms with Crippen LogP contribution in [0.4, 0.5) is 5.69 Å². The van der Waals surface area contributed by atoms with Crippen LogP contribution in [-0.4, -0.2) is 12.5 Å². The zero-order valence-electron chi connectivity index (χ0n) is 12.0. The highest BCUT2D eigenvalue weighted by atomic mass is 35.5. The van der Waals surface area contributed by atoms with E-state index in [-0.39, 0.29) is 18.3 Å². The fourth-order valence-electron chi connectivity index (χ4n) is 2.09. The van der Waals surface area contributed by atoms with E-state index in [1.165, 1.54) is 5.56 Å². The van der Waals surface area contributed by atoms with Gasteiger partial charge in [0.2, 0.25) is 5.91 Å². The molecule has 19 heavy (non-hydrogen) atoms. The number of nitrogens with one attached hydrogen (secondary N) is 1. The summed E-state index contributed by atoms with van der Waals surface area (Å²) in [5.74, 6) is 0.0308. The molecule has 0 aliphatic rings. The van der Waals surface area contributed by atoms with Gasteiger partial charge in [0.05, 0.1) is 5.41 Å². The van der Waals surface area contributed by atoms with Crippen molar-refractivity contribution in [3.63, 3.8) is 0 Å². The molecule has 0 aromatic heterocycles. The van der Waals surface area contributed by atoms with Crippen LogP contribution < -0.4 is 11.1 Å². The second kappa shape index (κ2) is 8.18. The Labute approximate surface area is 122 Å². The van der Waals surface area contributed by atoms with E-state index in [0.717, 1.165) is 24.9 Å². The van der Waals surface area contributed by atoms with E-state index in [9.17, 15) is 4.79 Å². The van der Waals surface area contributed by atoms with Gasteiger partial charge in [0, 0.05) is 12.2 Å². The van der Waals surface area contributed by atoms with Crippen LogP contribution in [0.5, 0.6) is 0 Å². The largest absolute Gasteiger partial charge is 0.329 e. The van der Waals surface area contributed by atoms with E-state index in [1.807, 2.05) is 32.0 Å². The zero-order valence-corrected chi connectivity index (χ0v) is 12.8. The number of carbonyl (C=O) groups excluding carboxylic acids is 1. The quantitative estimate of drug-likeness (QED) is 0.841. The molecule has 108 valence electrons. The zero-order chi connectivity index (χ0) is 13.6. The molecule has 3 N–H and O–H groups in total. The maximum atomic E-state index is 12.3. The lowest BCUT2D eigenvalue weighted by atomic mass is 9.81. The number of aryl methyl sites for hydroxylation is 1. The van der Waals surface area contributed by atoms with Gasteiger partial charge in [-0.15, -0.1) is 12.4 Å². The Morgan fingerprint density at radius 2 is 1.89 bits per heavy atom. The molecule has 1 aromatic carbocycles. The van der Waals surface area contributed by atoms with Crippen molar-refractivity contribution in [2.45, 2.75) is 40.0 Å². The van der Waals surface area contributed by atoms with Gasteiger partial charge in [-0.3, -0.25) is 4.79 Å². The lowest BCUT2D eigenvalue weighted by Crippen LogP contribution is -2.41. The highest BCUT2D eigenvalue weighted by molar-refractivity contribution is 5.95. The topological polar surface area (TPSA) is 55.1 Å². The summed E-state index contributed by atoms with van der Waals surface area (Å²) in [6.07, 6.45) is 2.49. The molecule has 1 aromatic rings. The average Bonchev–Trinajstić information content (AvgIpc) is 2.41. The van der Waals surface area contributed by atoms with Crippen molar-refractivity contribution in [1.29, 1.82) is 0 Å². The van der Waals surface area contributed by atoms with Crippen LogP contribution in [0.2, 0.25) is 0 Å². The highest BCUT2D eigenvalue weighted by Gasteiger charge is 2.33. The molecule has 3 nitrogen and oxygen atoms in total. The second-order valence-corrected chi connectivity index (χ2v) is 4.70. The minimum absolute atomic E-state index is 0. The first-order chi connectivity index (χ1) is 8.61. The first-order valence-corrected chi connectivity index (χ1v) is 6.72. The summed E-state index contributed by atoms with van der Waals surface area (Å²) < 4.78 is 0. The highest BCUT2D eigenvalue weighted by Crippen LogP contribution is 2.27. The van der Waals surface area contributed by atoms with E-state index in [2.05, 4.69) is 18.3 Å². The maximum absolute atomic E-state index is 12.3. The Morgan fingerprint density at radius 1 is 1.26 bits per heavy atom. The van der Waals surface area contributed by atoms with Crippen molar-refractivity contribution in [2.75, 3.05) is 11.9 Å². The number of hydrogen-bond acceptors (Lipinski definition) is 2. The van der Waals surface area contributed by atoms with Gasteiger partial charge in [0.25, 0.3) is 0 Å². The molecule has 0 spiro atoms. The Balaban J connectivity index is 0.00000324. The molecule has 1 rings (SSSR count). The molecule has 0 aliphatic heterocycles. The van der Waals surface area contributed by atoms with Crippen LogP contribution in [0.15, 0.2) is 24.3 Å². The molecule has 0 radical (unpaired) electrons. The van der Waals surface area contributed by atoms with Crippen LogP contribution in [0.1, 0.15) is 39.2 Å². The van der Waals surface area contributed by atoms with Gasteiger partial charge in [0.1, 0.15) is 0 Å². The molecule has 1 amide bonds. The number of halogens is 1. The standard InChI is InChI=1S/C15H24N2O.ClH/c1-4-12-8-7-9-13(10-12)17-14(18)15(5-2,6-3)11-16;/h7-10H,4-6,11,16H2,1-3H3,(H,17,18);1H. The molecule has 4 heteroatoms. The second-order valence-electron chi connectivity index (χ2n) is 4.70. The van der Waals surface area contributed by atoms with Gasteiger partial charge in [-0.2, -0.15) is 0 Å². The molecule has 0 atom stereocenters. The van der Waals surface area contributed by atoms with E-state index >= 15 is 0 Å². The summed E-state index contributed by atoms with van der Waals surface area (Å²) >= 11 is 0. The van der Waals surface area contributed by atoms with Crippen LogP contribution >= 0.6 is 12.4 Å². The van der Waals surface area contributed by atoms with Crippen molar-refractivity contribution >= 4 is 24.0 Å². The van der Waals surface area contributed by atoms with Gasteiger partial charge in [-0.25, -0.2) is 0 Å². The Hall–Kier alpha value is -1.06. The van der Waals surface area contributed by atoms with Gasteiger partial charge in [-0.1, -0.05) is 32.9 Å². The maximum Gasteiger partial charge on any atom is 0.231 e. The van der Waals surface area contributed by atoms with Crippen molar-refractivity contribution in [3.8, 4) is 0 Å². The molecule has 0 heterocycles. The average molecular weight is 285 g/mol. The number of anilines is 1. The van der Waals surface area contributed by atoms with E-state index in [1.54, 1.807) is 0 Å². The predicted molar refractivity (Wildman–Crippen MR) is 83.8 cm³/mol. The van der Waals surface area contributed by atoms with Crippen LogP contribution in [0, 0.1) is 5.41 Å². The minimum Gasteiger partial charge on any atom is -0.329 e. The van der Waals surface area contributed by atoms with Crippen LogP contribution in [0.3, 0.4) is 0 Å². The predicted octanol–water partition coefficient (Wildman–Crippen LogP) is 3.37. The van der Waals surface area contributed by atoms with Crippen LogP contribution in [0.25, 0.3) is 0 Å². The number of amides is 1. The fourth-order valence-corrected chi connectivity index (χ4v) is 2.09. The van der Waals surface area contributed by atoms with E-state index in [4.69, 9.17) is 5.73 Å². The van der Waals surface area contributed by atoms with Crippen molar-refractivity contribution in [1.82, 2.24) is 0 Å². The number of rotatable bonds is 6. The Morgan fingerprint density at radius 3 is 2.37 bits per heavy atom. The summed E-state index contributed by atoms with van der Waals surface area (Å²) in [5.41, 5.74) is 7.42. The fraction of sp³-hybridized carbons (Fsp3) is 0.533. The SMILES string of the molecule is CCc1cccc(NC(=O)C(CC)(CC)CN)c1.Cl. The van der Waals surface area contributed by atoms with Crippen molar-refractivity contribution in [2.24, 2.45) is 11.1 Å². The molecular formula is C15H25ClN2O. The van der Waals surface area contributed by atoms with Gasteiger partial charge in [-0.05, 0) is 37.0 Å². The molecular weight excluding hydrogens is 260 g/mol. The third kappa shape index (κ3) is 4.22. The molecule has 0 saturated heterocycles. The molecule has 0 aliphatic carbocycles. The normalized spacial score (nSPS) is 10.7. The molecule has 0 fully saturated rings. The lowest BCUT2D eigenvalue weighted by Gasteiger charge is -2.28. The summed E-state index contributed by atoms with van der Waals surface area (Å²) in [5, 5.41) is 2.99. The number of carbonyl (C=O) groups is 1. The first kappa shape index (κ1) is 17.9. The summed E-state index contributed by atoms with van der Waals surface area (Å²) in [6, 6.07) is 7.97. The number of benzene rings is 1. The van der Waals surface area contributed by atoms with Crippen LogP contribution in [-0.2, 0) is 11.2 Å². The van der Waals surface area contributed by atoms with Gasteiger partial charge < -0.3 is 11.1 Å². The molecule has 0 bridgehead atoms. The lowest BCUT2D eigenvalue weighted by molar-refractivity contribution is -0.125. The smallest absolute Gasteiger partial charge is 0.231 e. The summed E-state index contributed by atoms with van der Waals surface area (Å²) in [6.45, 7) is 6.51. The van der Waals surface area contributed by atoms with Gasteiger partial charge in [0.15, 0.2) is 0 Å². The molecule has 0 unspecified atom stereocenters. The summed E-state index contributed by atoms with van der Waals surface area (Å²) in [7, 11) is 0. The Bertz CT molecular complexity index is 395. The molecule has 0 saturated carbocycles.